The van der Waals surface area contributed by atoms with Gasteiger partial charge in [-0.05, 0) is 36.6 Å². The summed E-state index contributed by atoms with van der Waals surface area (Å²) in [6.45, 7) is 0.993. The zero-order valence-electron chi connectivity index (χ0n) is 17.6. The molecular formula is C21H23N5O5. The van der Waals surface area contributed by atoms with Crippen LogP contribution in [0.5, 0.6) is 0 Å². The number of imidazole rings is 1. The van der Waals surface area contributed by atoms with Crippen LogP contribution in [0.15, 0.2) is 34.1 Å². The van der Waals surface area contributed by atoms with Gasteiger partial charge >= 0.3 is 11.7 Å². The van der Waals surface area contributed by atoms with Gasteiger partial charge in [-0.2, -0.15) is 0 Å². The second-order valence-electron chi connectivity index (χ2n) is 7.55. The molecule has 10 nitrogen and oxygen atoms in total. The first-order valence-corrected chi connectivity index (χ1v) is 9.96. The SMILES string of the molecule is COC(=O)c1ccc2c(c1)CCN2C(=O)CCCn1cnc2c1c(=O)n(C)c(=O)n2C. The quantitative estimate of drug-likeness (QED) is 0.554. The molecule has 2 aromatic heterocycles. The number of anilines is 1. The van der Waals surface area contributed by atoms with Crippen LogP contribution >= 0.6 is 0 Å². The summed E-state index contributed by atoms with van der Waals surface area (Å²) in [4.78, 5) is 55.0. The molecule has 3 aromatic rings. The topological polar surface area (TPSA) is 108 Å². The van der Waals surface area contributed by atoms with Gasteiger partial charge in [0.15, 0.2) is 11.2 Å². The molecule has 0 fully saturated rings. The summed E-state index contributed by atoms with van der Waals surface area (Å²) in [5.41, 5.74) is 2.07. The summed E-state index contributed by atoms with van der Waals surface area (Å²) >= 11 is 0. The Morgan fingerprint density at radius 2 is 1.94 bits per heavy atom. The molecule has 0 N–H and O–H groups in total. The Morgan fingerprint density at radius 1 is 1.16 bits per heavy atom. The molecule has 0 aliphatic carbocycles. The van der Waals surface area contributed by atoms with Crippen molar-refractivity contribution >= 4 is 28.7 Å². The predicted octanol–water partition coefficient (Wildman–Crippen LogP) is 0.590. The maximum atomic E-state index is 12.8. The highest BCUT2D eigenvalue weighted by Gasteiger charge is 2.25. The van der Waals surface area contributed by atoms with E-state index in [1.54, 1.807) is 34.7 Å². The number of carbonyl (C=O) groups is 2. The molecule has 3 heterocycles. The fourth-order valence-corrected chi connectivity index (χ4v) is 4.01. The summed E-state index contributed by atoms with van der Waals surface area (Å²) in [7, 11) is 4.34. The van der Waals surface area contributed by atoms with E-state index in [1.165, 1.54) is 25.1 Å². The molecule has 1 aromatic carbocycles. The first-order chi connectivity index (χ1) is 14.8. The number of nitrogens with zero attached hydrogens (tertiary/aromatic N) is 5. The average molecular weight is 425 g/mol. The van der Waals surface area contributed by atoms with Gasteiger partial charge in [-0.25, -0.2) is 14.6 Å². The summed E-state index contributed by atoms with van der Waals surface area (Å²) in [6, 6.07) is 5.21. The van der Waals surface area contributed by atoms with Gasteiger partial charge in [-0.1, -0.05) is 0 Å². The molecule has 0 bridgehead atoms. The fraction of sp³-hybridized carbons (Fsp3) is 0.381. The number of ether oxygens (including phenoxy) is 1. The van der Waals surface area contributed by atoms with E-state index in [9.17, 15) is 19.2 Å². The molecule has 0 saturated heterocycles. The van der Waals surface area contributed by atoms with Gasteiger partial charge in [-0.15, -0.1) is 0 Å². The van der Waals surface area contributed by atoms with Crippen LogP contribution in [-0.4, -0.2) is 44.2 Å². The maximum absolute atomic E-state index is 12.8. The van der Waals surface area contributed by atoms with Gasteiger partial charge in [0.2, 0.25) is 5.91 Å². The van der Waals surface area contributed by atoms with Crippen LogP contribution in [0, 0.1) is 0 Å². The fourth-order valence-electron chi connectivity index (χ4n) is 4.01. The van der Waals surface area contributed by atoms with Crippen molar-refractivity contribution in [3.8, 4) is 0 Å². The van der Waals surface area contributed by atoms with Gasteiger partial charge in [-0.3, -0.25) is 18.7 Å². The van der Waals surface area contributed by atoms with Crippen LogP contribution in [0.2, 0.25) is 0 Å². The lowest BCUT2D eigenvalue weighted by molar-refractivity contribution is -0.118. The highest BCUT2D eigenvalue weighted by molar-refractivity contribution is 5.97. The summed E-state index contributed by atoms with van der Waals surface area (Å²) < 4.78 is 8.82. The smallest absolute Gasteiger partial charge is 0.337 e. The second-order valence-corrected chi connectivity index (χ2v) is 7.55. The first-order valence-electron chi connectivity index (χ1n) is 9.96. The summed E-state index contributed by atoms with van der Waals surface area (Å²) in [5, 5.41) is 0. The Hall–Kier alpha value is -3.69. The number of hydrogen-bond acceptors (Lipinski definition) is 6. The molecule has 10 heteroatoms. The molecule has 4 rings (SSSR count). The van der Waals surface area contributed by atoms with Crippen LogP contribution in [-0.2, 0) is 36.6 Å². The zero-order chi connectivity index (χ0) is 22.3. The van der Waals surface area contributed by atoms with E-state index in [2.05, 4.69) is 4.98 Å². The van der Waals surface area contributed by atoms with Crippen LogP contribution < -0.4 is 16.1 Å². The lowest BCUT2D eigenvalue weighted by atomic mass is 10.1. The first kappa shape index (κ1) is 20.6. The third-order valence-corrected chi connectivity index (χ3v) is 5.70. The van der Waals surface area contributed by atoms with Gasteiger partial charge < -0.3 is 14.2 Å². The molecule has 1 aliphatic rings. The highest BCUT2D eigenvalue weighted by atomic mass is 16.5. The Labute approximate surface area is 177 Å². The van der Waals surface area contributed by atoms with Crippen molar-refractivity contribution in [1.82, 2.24) is 18.7 Å². The predicted molar refractivity (Wildman–Crippen MR) is 113 cm³/mol. The number of rotatable bonds is 5. The van der Waals surface area contributed by atoms with E-state index in [0.717, 1.165) is 15.8 Å². The molecule has 162 valence electrons. The normalized spacial score (nSPS) is 12.9. The lowest BCUT2D eigenvalue weighted by Crippen LogP contribution is -2.37. The minimum absolute atomic E-state index is 0.0192. The molecule has 0 atom stereocenters. The number of aryl methyl sites for hydroxylation is 2. The molecule has 0 saturated carbocycles. The number of hydrogen-bond donors (Lipinski definition) is 0. The number of carbonyl (C=O) groups excluding carboxylic acids is 2. The van der Waals surface area contributed by atoms with Crippen LogP contribution in [0.3, 0.4) is 0 Å². The number of fused-ring (bicyclic) bond motifs is 2. The second kappa shape index (κ2) is 7.86. The summed E-state index contributed by atoms with van der Waals surface area (Å²) in [5.74, 6) is -0.418. The van der Waals surface area contributed by atoms with Crippen molar-refractivity contribution in [3.63, 3.8) is 0 Å². The van der Waals surface area contributed by atoms with E-state index in [0.29, 0.717) is 49.1 Å². The third-order valence-electron chi connectivity index (χ3n) is 5.70. The van der Waals surface area contributed by atoms with Crippen molar-refractivity contribution < 1.29 is 14.3 Å². The van der Waals surface area contributed by atoms with Gasteiger partial charge in [0.25, 0.3) is 5.56 Å². The average Bonchev–Trinajstić information content (AvgIpc) is 3.39. The number of benzene rings is 1. The number of amides is 1. The minimum atomic E-state index is -0.430. The molecule has 0 radical (unpaired) electrons. The van der Waals surface area contributed by atoms with Gasteiger partial charge in [0.1, 0.15) is 0 Å². The van der Waals surface area contributed by atoms with Crippen molar-refractivity contribution in [3.05, 3.63) is 56.5 Å². The molecule has 0 unspecified atom stereocenters. The van der Waals surface area contributed by atoms with E-state index in [1.807, 2.05) is 0 Å². The van der Waals surface area contributed by atoms with E-state index in [-0.39, 0.29) is 5.91 Å². The highest BCUT2D eigenvalue weighted by Crippen LogP contribution is 2.29. The Bertz CT molecular complexity index is 1320. The Morgan fingerprint density at radius 3 is 2.68 bits per heavy atom. The van der Waals surface area contributed by atoms with E-state index < -0.39 is 17.2 Å². The lowest BCUT2D eigenvalue weighted by Gasteiger charge is -2.17. The molecule has 1 aliphatic heterocycles. The van der Waals surface area contributed by atoms with Crippen molar-refractivity contribution in [1.29, 1.82) is 0 Å². The van der Waals surface area contributed by atoms with Crippen molar-refractivity contribution in [2.75, 3.05) is 18.6 Å². The molecular weight excluding hydrogens is 402 g/mol. The number of aromatic nitrogens is 4. The molecule has 31 heavy (non-hydrogen) atoms. The zero-order valence-corrected chi connectivity index (χ0v) is 17.6. The van der Waals surface area contributed by atoms with Crippen LogP contribution in [0.4, 0.5) is 5.69 Å². The number of esters is 1. The largest absolute Gasteiger partial charge is 0.465 e. The molecule has 0 spiro atoms. The van der Waals surface area contributed by atoms with Crippen molar-refractivity contribution in [2.45, 2.75) is 25.8 Å². The standard InChI is InChI=1S/C21H23N5O5/c1-23-18-17(19(28)24(2)21(23)30)25(12-22-18)9-4-5-16(27)26-10-8-13-11-14(20(29)31-3)6-7-15(13)26/h6-7,11-12H,4-5,8-10H2,1-3H3. The Kier molecular flexibility index (Phi) is 5.22. The maximum Gasteiger partial charge on any atom is 0.337 e. The number of methoxy groups -OCH3 is 1. The molecule has 1 amide bonds. The third kappa shape index (κ3) is 3.43. The van der Waals surface area contributed by atoms with Gasteiger partial charge in [0.05, 0.1) is 19.0 Å². The monoisotopic (exact) mass is 425 g/mol. The van der Waals surface area contributed by atoms with Crippen molar-refractivity contribution in [2.24, 2.45) is 14.1 Å². The Balaban J connectivity index is 1.46. The van der Waals surface area contributed by atoms with Gasteiger partial charge in [0, 0.05) is 39.3 Å². The van der Waals surface area contributed by atoms with Crippen LogP contribution in [0.25, 0.3) is 11.2 Å². The minimum Gasteiger partial charge on any atom is -0.465 e. The summed E-state index contributed by atoms with van der Waals surface area (Å²) in [6.07, 6.45) is 3.02. The van der Waals surface area contributed by atoms with Crippen LogP contribution in [0.1, 0.15) is 28.8 Å². The van der Waals surface area contributed by atoms with E-state index >= 15 is 0 Å². The van der Waals surface area contributed by atoms with E-state index in [4.69, 9.17) is 4.74 Å².